The molecule has 0 radical (unpaired) electrons. The van der Waals surface area contributed by atoms with E-state index in [1.54, 1.807) is 19.1 Å². The molecule has 0 amide bonds. The van der Waals surface area contributed by atoms with Gasteiger partial charge in [-0.1, -0.05) is 13.8 Å². The van der Waals surface area contributed by atoms with Crippen LogP contribution in [-0.4, -0.2) is 0 Å². The summed E-state index contributed by atoms with van der Waals surface area (Å²) in [6.45, 7) is 9.96. The van der Waals surface area contributed by atoms with Gasteiger partial charge in [-0.2, -0.15) is 0 Å². The number of aryl methyl sites for hydroxylation is 4. The molecule has 0 atom stereocenters. The molecule has 4 aromatic rings. The Morgan fingerprint density at radius 3 is 2.32 bits per heavy atom. The van der Waals surface area contributed by atoms with Crippen LogP contribution in [0.1, 0.15) is 42.0 Å². The van der Waals surface area contributed by atoms with Crippen LogP contribution < -0.4 is 4.57 Å². The van der Waals surface area contributed by atoms with E-state index in [-0.39, 0.29) is 11.6 Å². The summed E-state index contributed by atoms with van der Waals surface area (Å²) in [7, 11) is 1.98. The van der Waals surface area contributed by atoms with E-state index in [4.69, 9.17) is 4.42 Å². The van der Waals surface area contributed by atoms with Crippen LogP contribution in [0.25, 0.3) is 33.2 Å². The summed E-state index contributed by atoms with van der Waals surface area (Å²) in [5.41, 5.74) is 6.30. The molecule has 2 aromatic carbocycles. The van der Waals surface area contributed by atoms with Gasteiger partial charge in [0.2, 0.25) is 5.69 Å². The van der Waals surface area contributed by atoms with Gasteiger partial charge >= 0.3 is 0 Å². The van der Waals surface area contributed by atoms with Crippen molar-refractivity contribution in [1.29, 1.82) is 0 Å². The fourth-order valence-electron chi connectivity index (χ4n) is 4.18. The fourth-order valence-corrected chi connectivity index (χ4v) is 4.18. The number of hydrogen-bond donors (Lipinski definition) is 0. The molecule has 0 aliphatic carbocycles. The number of pyridine rings is 1. The van der Waals surface area contributed by atoms with E-state index in [2.05, 4.69) is 33.0 Å². The molecule has 0 aliphatic heterocycles. The van der Waals surface area contributed by atoms with Gasteiger partial charge in [-0.25, -0.2) is 13.3 Å². The second-order valence-electron chi connectivity index (χ2n) is 7.97. The molecule has 2 aromatic heterocycles. The van der Waals surface area contributed by atoms with Gasteiger partial charge in [0, 0.05) is 22.6 Å². The maximum atomic E-state index is 14.9. The lowest BCUT2D eigenvalue weighted by Gasteiger charge is -2.12. The lowest BCUT2D eigenvalue weighted by atomic mass is 9.94. The van der Waals surface area contributed by atoms with Crippen molar-refractivity contribution >= 4 is 21.9 Å². The first-order chi connectivity index (χ1) is 13.2. The first-order valence-electron chi connectivity index (χ1n) is 9.51. The Bertz CT molecular complexity index is 1250. The Morgan fingerprint density at radius 2 is 1.64 bits per heavy atom. The minimum atomic E-state index is -0.353. The van der Waals surface area contributed by atoms with Crippen molar-refractivity contribution in [2.75, 3.05) is 0 Å². The minimum absolute atomic E-state index is 0.347. The highest BCUT2D eigenvalue weighted by molar-refractivity contribution is 6.10. The zero-order valence-electron chi connectivity index (χ0n) is 17.1. The van der Waals surface area contributed by atoms with Gasteiger partial charge in [0.15, 0.2) is 11.8 Å². The first kappa shape index (κ1) is 18.6. The van der Waals surface area contributed by atoms with Crippen molar-refractivity contribution in [2.24, 2.45) is 7.05 Å². The van der Waals surface area contributed by atoms with Crippen molar-refractivity contribution in [3.8, 4) is 11.3 Å². The molecule has 4 rings (SSSR count). The number of furan rings is 1. The van der Waals surface area contributed by atoms with Crippen LogP contribution >= 0.6 is 0 Å². The molecular formula is C24H24F2NO+. The summed E-state index contributed by atoms with van der Waals surface area (Å²) in [6.07, 6.45) is 2.09. The Balaban J connectivity index is 2.17. The Morgan fingerprint density at radius 1 is 0.929 bits per heavy atom. The molecule has 2 heterocycles. The summed E-state index contributed by atoms with van der Waals surface area (Å²) in [5, 5.41) is 1.01. The van der Waals surface area contributed by atoms with Crippen molar-refractivity contribution in [3.05, 3.63) is 64.4 Å². The van der Waals surface area contributed by atoms with Crippen LogP contribution in [0.4, 0.5) is 8.78 Å². The molecule has 0 saturated heterocycles. The zero-order chi connectivity index (χ0) is 20.3. The smallest absolute Gasteiger partial charge is 0.216 e. The van der Waals surface area contributed by atoms with Gasteiger partial charge in [-0.3, -0.25) is 0 Å². The molecule has 28 heavy (non-hydrogen) atoms. The number of fused-ring (bicyclic) bond motifs is 3. The third-order valence-electron chi connectivity index (χ3n) is 5.64. The van der Waals surface area contributed by atoms with Crippen LogP contribution in [-0.2, 0) is 7.05 Å². The summed E-state index contributed by atoms with van der Waals surface area (Å²) >= 11 is 0. The number of halogens is 2. The second kappa shape index (κ2) is 6.40. The molecule has 0 fully saturated rings. The quantitative estimate of drug-likeness (QED) is 0.368. The Hall–Kier alpha value is -2.75. The van der Waals surface area contributed by atoms with Gasteiger partial charge in [0.1, 0.15) is 24.3 Å². The van der Waals surface area contributed by atoms with E-state index >= 15 is 0 Å². The van der Waals surface area contributed by atoms with Gasteiger partial charge < -0.3 is 4.42 Å². The molecule has 0 bridgehead atoms. The van der Waals surface area contributed by atoms with E-state index in [0.717, 1.165) is 16.8 Å². The van der Waals surface area contributed by atoms with Gasteiger partial charge in [-0.05, 0) is 56.0 Å². The summed E-state index contributed by atoms with van der Waals surface area (Å²) in [6, 6.07) is 6.66. The third kappa shape index (κ3) is 2.62. The van der Waals surface area contributed by atoms with Crippen molar-refractivity contribution in [1.82, 2.24) is 0 Å². The monoisotopic (exact) mass is 380 g/mol. The highest BCUT2D eigenvalue weighted by atomic mass is 19.1. The first-order valence-corrected chi connectivity index (χ1v) is 9.51. The van der Waals surface area contributed by atoms with E-state index < -0.39 is 0 Å². The summed E-state index contributed by atoms with van der Waals surface area (Å²) in [4.78, 5) is 0. The van der Waals surface area contributed by atoms with Gasteiger partial charge in [0.25, 0.3) is 0 Å². The van der Waals surface area contributed by atoms with E-state index in [1.807, 2.05) is 18.5 Å². The standard InChI is InChI=1S/C24H24F2NO/c1-12(2)17-10-20(27(6)11-14(17)4)21-13(3)9-19(26)22-16-7-8-18(25)15(5)23(16)28-24(21)22/h7-12H,1-6H3/q+1. The maximum absolute atomic E-state index is 14.9. The van der Waals surface area contributed by atoms with E-state index in [0.29, 0.717) is 33.4 Å². The molecule has 2 nitrogen and oxygen atoms in total. The summed E-state index contributed by atoms with van der Waals surface area (Å²) < 4.78 is 37.2. The second-order valence-corrected chi connectivity index (χ2v) is 7.97. The van der Waals surface area contributed by atoms with E-state index in [9.17, 15) is 8.78 Å². The molecule has 4 heteroatoms. The lowest BCUT2D eigenvalue weighted by molar-refractivity contribution is -0.660. The molecule has 144 valence electrons. The topological polar surface area (TPSA) is 17.0 Å². The molecule has 0 N–H and O–H groups in total. The van der Waals surface area contributed by atoms with Crippen LogP contribution in [0.2, 0.25) is 0 Å². The molecule has 0 saturated carbocycles. The van der Waals surface area contributed by atoms with Crippen LogP contribution in [0, 0.1) is 32.4 Å². The third-order valence-corrected chi connectivity index (χ3v) is 5.64. The van der Waals surface area contributed by atoms with Gasteiger partial charge in [-0.15, -0.1) is 0 Å². The van der Waals surface area contributed by atoms with Crippen LogP contribution in [0.5, 0.6) is 0 Å². The average molecular weight is 380 g/mol. The highest BCUT2D eigenvalue weighted by Gasteiger charge is 2.25. The summed E-state index contributed by atoms with van der Waals surface area (Å²) in [5.74, 6) is -0.337. The van der Waals surface area contributed by atoms with E-state index in [1.165, 1.54) is 17.2 Å². The normalized spacial score (nSPS) is 11.9. The molecule has 0 unspecified atom stereocenters. The largest absolute Gasteiger partial charge is 0.455 e. The fraction of sp³-hybridized carbons (Fsp3) is 0.292. The Labute approximate surface area is 163 Å². The highest BCUT2D eigenvalue weighted by Crippen LogP contribution is 2.40. The molecule has 0 spiro atoms. The zero-order valence-corrected chi connectivity index (χ0v) is 17.1. The average Bonchev–Trinajstić information content (AvgIpc) is 3.00. The van der Waals surface area contributed by atoms with Crippen LogP contribution in [0.3, 0.4) is 0 Å². The molecule has 0 aliphatic rings. The predicted octanol–water partition coefficient (Wildman–Crippen LogP) is 6.40. The molecular weight excluding hydrogens is 356 g/mol. The predicted molar refractivity (Wildman–Crippen MR) is 109 cm³/mol. The lowest BCUT2D eigenvalue weighted by Crippen LogP contribution is -2.32. The van der Waals surface area contributed by atoms with Crippen molar-refractivity contribution in [3.63, 3.8) is 0 Å². The number of hydrogen-bond acceptors (Lipinski definition) is 1. The van der Waals surface area contributed by atoms with Crippen molar-refractivity contribution in [2.45, 2.75) is 40.5 Å². The van der Waals surface area contributed by atoms with Crippen molar-refractivity contribution < 1.29 is 17.8 Å². The number of nitrogens with zero attached hydrogens (tertiary/aromatic N) is 1. The number of rotatable bonds is 2. The Kier molecular flexibility index (Phi) is 4.25. The minimum Gasteiger partial charge on any atom is -0.455 e. The number of aromatic nitrogens is 1. The van der Waals surface area contributed by atoms with Gasteiger partial charge in [0.05, 0.1) is 10.9 Å². The van der Waals surface area contributed by atoms with Crippen LogP contribution in [0.15, 0.2) is 34.9 Å². The maximum Gasteiger partial charge on any atom is 0.216 e. The SMILES string of the molecule is Cc1c[n+](C)c(-c2c(C)cc(F)c3c2oc2c(C)c(F)ccc23)cc1C(C)C. The number of benzene rings is 2.